The molecule has 1 fully saturated rings. The zero-order chi connectivity index (χ0) is 9.80. The molecule has 0 aromatic carbocycles. The van der Waals surface area contributed by atoms with Crippen molar-refractivity contribution < 1.29 is 9.26 Å². The Morgan fingerprint density at radius 2 is 2.64 bits per heavy atom. The third-order valence-corrected chi connectivity index (χ3v) is 2.44. The van der Waals surface area contributed by atoms with Gasteiger partial charge in [0.1, 0.15) is 6.61 Å². The van der Waals surface area contributed by atoms with E-state index in [1.165, 1.54) is 6.42 Å². The van der Waals surface area contributed by atoms with E-state index in [-0.39, 0.29) is 0 Å². The summed E-state index contributed by atoms with van der Waals surface area (Å²) in [6.07, 6.45) is 1.22. The molecule has 1 aromatic rings. The van der Waals surface area contributed by atoms with Crippen molar-refractivity contribution in [3.63, 3.8) is 0 Å². The van der Waals surface area contributed by atoms with Gasteiger partial charge in [0, 0.05) is 12.6 Å². The van der Waals surface area contributed by atoms with Crippen LogP contribution in [0.1, 0.15) is 17.9 Å². The smallest absolute Gasteiger partial charge is 0.162 e. The van der Waals surface area contributed by atoms with Crippen LogP contribution in [0, 0.1) is 12.8 Å². The highest BCUT2D eigenvalue weighted by Gasteiger charge is 2.14. The quantitative estimate of drug-likeness (QED) is 0.783. The average molecular weight is 196 g/mol. The highest BCUT2D eigenvalue weighted by atomic mass is 16.5. The van der Waals surface area contributed by atoms with Gasteiger partial charge in [-0.2, -0.15) is 0 Å². The van der Waals surface area contributed by atoms with Crippen molar-refractivity contribution in [3.8, 4) is 0 Å². The summed E-state index contributed by atoms with van der Waals surface area (Å²) in [5, 5.41) is 7.11. The number of hydrogen-bond donors (Lipinski definition) is 1. The topological polar surface area (TPSA) is 47.3 Å². The van der Waals surface area contributed by atoms with E-state index in [4.69, 9.17) is 9.26 Å². The minimum absolute atomic E-state index is 0.539. The third-order valence-electron chi connectivity index (χ3n) is 2.44. The number of aryl methyl sites for hydroxylation is 1. The van der Waals surface area contributed by atoms with Gasteiger partial charge in [-0.1, -0.05) is 5.16 Å². The molecule has 0 spiro atoms. The van der Waals surface area contributed by atoms with Crippen molar-refractivity contribution >= 4 is 0 Å². The van der Waals surface area contributed by atoms with Crippen LogP contribution in [0.15, 0.2) is 10.6 Å². The Bertz CT molecular complexity index is 279. The predicted molar refractivity (Wildman–Crippen MR) is 51.9 cm³/mol. The average Bonchev–Trinajstić information content (AvgIpc) is 2.77. The van der Waals surface area contributed by atoms with E-state index in [2.05, 4.69) is 10.5 Å². The Kier molecular flexibility index (Phi) is 3.16. The zero-order valence-corrected chi connectivity index (χ0v) is 8.45. The van der Waals surface area contributed by atoms with Gasteiger partial charge < -0.3 is 14.6 Å². The van der Waals surface area contributed by atoms with Crippen molar-refractivity contribution in [1.82, 2.24) is 10.5 Å². The molecule has 2 heterocycles. The van der Waals surface area contributed by atoms with Crippen LogP contribution in [0.25, 0.3) is 0 Å². The molecule has 1 N–H and O–H groups in total. The molecule has 4 heteroatoms. The zero-order valence-electron chi connectivity index (χ0n) is 8.45. The number of aromatic nitrogens is 1. The Labute approximate surface area is 83.6 Å². The maximum atomic E-state index is 5.54. The molecule has 0 saturated carbocycles. The molecular formula is C10H16N2O2. The SMILES string of the molecule is Cc1cc(COCC2CCNC2)on1. The molecular weight excluding hydrogens is 180 g/mol. The highest BCUT2D eigenvalue weighted by molar-refractivity contribution is 5.01. The van der Waals surface area contributed by atoms with E-state index in [0.717, 1.165) is 31.2 Å². The van der Waals surface area contributed by atoms with Crippen molar-refractivity contribution in [1.29, 1.82) is 0 Å². The Balaban J connectivity index is 1.67. The van der Waals surface area contributed by atoms with Crippen LogP contribution >= 0.6 is 0 Å². The van der Waals surface area contributed by atoms with Crippen LogP contribution in [0.4, 0.5) is 0 Å². The molecule has 0 bridgehead atoms. The van der Waals surface area contributed by atoms with E-state index < -0.39 is 0 Å². The van der Waals surface area contributed by atoms with Gasteiger partial charge in [-0.15, -0.1) is 0 Å². The Hall–Kier alpha value is -0.870. The second-order valence-corrected chi connectivity index (χ2v) is 3.81. The molecule has 1 aliphatic rings. The third kappa shape index (κ3) is 2.56. The van der Waals surface area contributed by atoms with Crippen molar-refractivity contribution in [2.24, 2.45) is 5.92 Å². The molecule has 2 rings (SSSR count). The molecule has 0 amide bonds. The van der Waals surface area contributed by atoms with Crippen molar-refractivity contribution in [2.45, 2.75) is 20.0 Å². The lowest BCUT2D eigenvalue weighted by atomic mass is 10.1. The molecule has 14 heavy (non-hydrogen) atoms. The maximum Gasteiger partial charge on any atom is 0.162 e. The van der Waals surface area contributed by atoms with Crippen LogP contribution in [0.3, 0.4) is 0 Å². The highest BCUT2D eigenvalue weighted by Crippen LogP contribution is 2.10. The van der Waals surface area contributed by atoms with E-state index in [1.54, 1.807) is 0 Å². The van der Waals surface area contributed by atoms with Gasteiger partial charge in [0.15, 0.2) is 5.76 Å². The lowest BCUT2D eigenvalue weighted by molar-refractivity contribution is 0.0766. The summed E-state index contributed by atoms with van der Waals surface area (Å²) in [6.45, 7) is 5.46. The van der Waals surface area contributed by atoms with Crippen LogP contribution in [-0.4, -0.2) is 24.9 Å². The van der Waals surface area contributed by atoms with Gasteiger partial charge in [-0.3, -0.25) is 0 Å². The molecule has 78 valence electrons. The van der Waals surface area contributed by atoms with Gasteiger partial charge in [0.2, 0.25) is 0 Å². The number of nitrogens with zero attached hydrogens (tertiary/aromatic N) is 1. The van der Waals surface area contributed by atoms with Crippen LogP contribution < -0.4 is 5.32 Å². The fourth-order valence-electron chi connectivity index (χ4n) is 1.67. The van der Waals surface area contributed by atoms with Gasteiger partial charge >= 0.3 is 0 Å². The monoisotopic (exact) mass is 196 g/mol. The van der Waals surface area contributed by atoms with Gasteiger partial charge in [-0.25, -0.2) is 0 Å². The molecule has 1 saturated heterocycles. The van der Waals surface area contributed by atoms with E-state index >= 15 is 0 Å². The number of rotatable bonds is 4. The second kappa shape index (κ2) is 4.57. The molecule has 1 unspecified atom stereocenters. The molecule has 1 aromatic heterocycles. The normalized spacial score (nSPS) is 21.6. The molecule has 0 radical (unpaired) electrons. The summed E-state index contributed by atoms with van der Waals surface area (Å²) >= 11 is 0. The van der Waals surface area contributed by atoms with Gasteiger partial charge in [-0.05, 0) is 25.8 Å². The van der Waals surface area contributed by atoms with Crippen LogP contribution in [0.5, 0.6) is 0 Å². The van der Waals surface area contributed by atoms with Crippen molar-refractivity contribution in [3.05, 3.63) is 17.5 Å². The fraction of sp³-hybridized carbons (Fsp3) is 0.700. The summed E-state index contributed by atoms with van der Waals surface area (Å²) in [7, 11) is 0. The van der Waals surface area contributed by atoms with Crippen molar-refractivity contribution in [2.75, 3.05) is 19.7 Å². The van der Waals surface area contributed by atoms with Crippen LogP contribution in [-0.2, 0) is 11.3 Å². The fourth-order valence-corrected chi connectivity index (χ4v) is 1.67. The van der Waals surface area contributed by atoms with Gasteiger partial charge in [0.25, 0.3) is 0 Å². The summed E-state index contributed by atoms with van der Waals surface area (Å²) < 4.78 is 10.6. The maximum absolute atomic E-state index is 5.54. The van der Waals surface area contributed by atoms with E-state index in [9.17, 15) is 0 Å². The van der Waals surface area contributed by atoms with E-state index in [1.807, 2.05) is 13.0 Å². The number of hydrogen-bond acceptors (Lipinski definition) is 4. The van der Waals surface area contributed by atoms with Crippen LogP contribution in [0.2, 0.25) is 0 Å². The first-order valence-electron chi connectivity index (χ1n) is 5.05. The minimum Gasteiger partial charge on any atom is -0.373 e. The van der Waals surface area contributed by atoms with E-state index in [0.29, 0.717) is 12.5 Å². The minimum atomic E-state index is 0.539. The lowest BCUT2D eigenvalue weighted by Gasteiger charge is -2.07. The summed E-state index contributed by atoms with van der Waals surface area (Å²) in [6, 6.07) is 1.91. The molecule has 4 nitrogen and oxygen atoms in total. The molecule has 0 aliphatic carbocycles. The predicted octanol–water partition coefficient (Wildman–Crippen LogP) is 1.11. The second-order valence-electron chi connectivity index (χ2n) is 3.81. The first kappa shape index (κ1) is 9.68. The number of ether oxygens (including phenoxy) is 1. The summed E-state index contributed by atoms with van der Waals surface area (Å²) in [5.74, 6) is 1.48. The van der Waals surface area contributed by atoms with Gasteiger partial charge in [0.05, 0.1) is 12.3 Å². The Morgan fingerprint density at radius 1 is 1.71 bits per heavy atom. The summed E-state index contributed by atoms with van der Waals surface area (Å²) in [4.78, 5) is 0. The standard InChI is InChI=1S/C10H16N2O2/c1-8-4-10(14-12-8)7-13-6-9-2-3-11-5-9/h4,9,11H,2-3,5-7H2,1H3. The molecule has 1 aliphatic heterocycles. The largest absolute Gasteiger partial charge is 0.373 e. The Morgan fingerprint density at radius 3 is 3.29 bits per heavy atom. The summed E-state index contributed by atoms with van der Waals surface area (Å²) in [5.41, 5.74) is 0.908. The lowest BCUT2D eigenvalue weighted by Crippen LogP contribution is -2.13. The first-order chi connectivity index (χ1) is 6.84. The molecule has 1 atom stereocenters. The number of nitrogens with one attached hydrogen (secondary N) is 1. The first-order valence-corrected chi connectivity index (χ1v) is 5.05.